The van der Waals surface area contributed by atoms with E-state index in [4.69, 9.17) is 13.9 Å². The second-order valence-corrected chi connectivity index (χ2v) is 13.5. The van der Waals surface area contributed by atoms with Crippen LogP contribution in [-0.4, -0.2) is 42.8 Å². The molecular weight excluding hydrogens is 328 g/mol. The normalized spacial score (nSPS) is 51.9. The number of hydrogen-bond donors (Lipinski definition) is 0. The van der Waals surface area contributed by atoms with Crippen molar-refractivity contribution in [1.29, 1.82) is 0 Å². The number of rotatable bonds is 3. The molecule has 0 unspecified atom stereocenters. The summed E-state index contributed by atoms with van der Waals surface area (Å²) >= 11 is 0. The van der Waals surface area contributed by atoms with Gasteiger partial charge in [-0.2, -0.15) is 0 Å². The van der Waals surface area contributed by atoms with Gasteiger partial charge in [-0.3, -0.25) is 9.59 Å². The summed E-state index contributed by atoms with van der Waals surface area (Å²) in [5, 5.41) is 0. The summed E-state index contributed by atoms with van der Waals surface area (Å²) in [6, 6.07) is 0. The van der Waals surface area contributed by atoms with Crippen molar-refractivity contribution >= 4 is 25.9 Å². The fourth-order valence-electron chi connectivity index (χ4n) is 5.62. The van der Waals surface area contributed by atoms with Gasteiger partial charge in [0.2, 0.25) is 5.79 Å². The highest BCUT2D eigenvalue weighted by Gasteiger charge is 2.86. The standard InChI is InChI=1S/C17H24O6Si/c1-8(18)10-11-9(19)7-17(23-24(4,5)6)16(3)13(11)12(10)15(2,22-17)14(20)21-16/h10-13H,7H2,1-6H3/t10-,11-,12+,13-,15+,16+,17+/m1/s1. The molecule has 2 aliphatic carbocycles. The van der Waals surface area contributed by atoms with E-state index in [1.807, 2.05) is 26.6 Å². The molecule has 0 aromatic rings. The summed E-state index contributed by atoms with van der Waals surface area (Å²) in [6.45, 7) is 11.1. The molecule has 0 amide bonds. The maximum absolute atomic E-state index is 12.8. The van der Waals surface area contributed by atoms with Crippen molar-refractivity contribution in [1.82, 2.24) is 0 Å². The highest BCUT2D eigenvalue weighted by atomic mass is 28.4. The number of carbonyl (C=O) groups excluding carboxylic acids is 3. The Kier molecular flexibility index (Phi) is 2.87. The number of carbonyl (C=O) groups is 3. The van der Waals surface area contributed by atoms with Crippen molar-refractivity contribution in [3.05, 3.63) is 0 Å². The lowest BCUT2D eigenvalue weighted by molar-refractivity contribution is -0.446. The van der Waals surface area contributed by atoms with Crippen LogP contribution >= 0.6 is 0 Å². The van der Waals surface area contributed by atoms with Crippen molar-refractivity contribution in [2.45, 2.75) is 63.8 Å². The first-order chi connectivity index (χ1) is 10.9. The van der Waals surface area contributed by atoms with Crippen LogP contribution < -0.4 is 0 Å². The van der Waals surface area contributed by atoms with Crippen LogP contribution in [0.15, 0.2) is 0 Å². The second-order valence-electron chi connectivity index (χ2n) is 9.03. The van der Waals surface area contributed by atoms with Gasteiger partial charge in [0.05, 0.1) is 6.42 Å². The largest absolute Gasteiger partial charge is 0.451 e. The van der Waals surface area contributed by atoms with Crippen LogP contribution in [0.3, 0.4) is 0 Å². The molecule has 7 heteroatoms. The zero-order valence-electron chi connectivity index (χ0n) is 15.0. The molecule has 5 rings (SSSR count). The number of esters is 1. The van der Waals surface area contributed by atoms with Gasteiger partial charge in [0.15, 0.2) is 19.5 Å². The van der Waals surface area contributed by atoms with E-state index < -0.39 is 37.2 Å². The van der Waals surface area contributed by atoms with Gasteiger partial charge in [-0.25, -0.2) is 4.79 Å². The molecule has 3 aliphatic heterocycles. The van der Waals surface area contributed by atoms with Gasteiger partial charge < -0.3 is 13.9 Å². The Labute approximate surface area is 142 Å². The highest BCUT2D eigenvalue weighted by Crippen LogP contribution is 2.72. The van der Waals surface area contributed by atoms with Crippen LogP contribution in [0.2, 0.25) is 19.6 Å². The summed E-state index contributed by atoms with van der Waals surface area (Å²) < 4.78 is 18.5. The lowest BCUT2D eigenvalue weighted by Gasteiger charge is -2.75. The van der Waals surface area contributed by atoms with Crippen LogP contribution in [0.1, 0.15) is 27.2 Å². The van der Waals surface area contributed by atoms with Crippen LogP contribution in [-0.2, 0) is 28.3 Å². The number of hydrogen-bond acceptors (Lipinski definition) is 6. The quantitative estimate of drug-likeness (QED) is 0.568. The molecule has 5 fully saturated rings. The molecule has 6 nitrogen and oxygen atoms in total. The average molecular weight is 352 g/mol. The molecule has 24 heavy (non-hydrogen) atoms. The van der Waals surface area contributed by atoms with Gasteiger partial charge in [0.25, 0.3) is 0 Å². The Bertz CT molecular complexity index is 683. The molecule has 3 saturated heterocycles. The van der Waals surface area contributed by atoms with Crippen molar-refractivity contribution < 1.29 is 28.3 Å². The van der Waals surface area contributed by atoms with Gasteiger partial charge in [-0.1, -0.05) is 0 Å². The minimum atomic E-state index is -2.08. The van der Waals surface area contributed by atoms with Gasteiger partial charge >= 0.3 is 5.97 Å². The van der Waals surface area contributed by atoms with E-state index >= 15 is 0 Å². The summed E-state index contributed by atoms with van der Waals surface area (Å²) in [5.41, 5.74) is -2.24. The third-order valence-electron chi connectivity index (χ3n) is 6.38. The number of ether oxygens (including phenoxy) is 2. The summed E-state index contributed by atoms with van der Waals surface area (Å²) in [7, 11) is -2.08. The van der Waals surface area contributed by atoms with Crippen LogP contribution in [0.5, 0.6) is 0 Å². The van der Waals surface area contributed by atoms with E-state index in [1.54, 1.807) is 6.92 Å². The van der Waals surface area contributed by atoms with Crippen molar-refractivity contribution in [3.8, 4) is 0 Å². The van der Waals surface area contributed by atoms with Crippen LogP contribution in [0, 0.1) is 23.7 Å². The third-order valence-corrected chi connectivity index (χ3v) is 7.32. The Morgan fingerprint density at radius 3 is 2.38 bits per heavy atom. The molecule has 132 valence electrons. The van der Waals surface area contributed by atoms with Gasteiger partial charge in [0.1, 0.15) is 11.6 Å². The van der Waals surface area contributed by atoms with E-state index in [0.717, 1.165) is 0 Å². The fourth-order valence-corrected chi connectivity index (χ4v) is 6.93. The van der Waals surface area contributed by atoms with E-state index in [0.29, 0.717) is 0 Å². The molecule has 4 bridgehead atoms. The smallest absolute Gasteiger partial charge is 0.339 e. The van der Waals surface area contributed by atoms with E-state index in [2.05, 4.69) is 0 Å². The summed E-state index contributed by atoms with van der Waals surface area (Å²) in [4.78, 5) is 37.6. The van der Waals surface area contributed by atoms with E-state index in [9.17, 15) is 14.4 Å². The van der Waals surface area contributed by atoms with Crippen molar-refractivity contribution in [3.63, 3.8) is 0 Å². The SMILES string of the molecule is CC(=O)[C@@H]1[C@H]2C(=O)C[C@@]3(O[Si](C)(C)C)O[C@]4(C)C(=O)O[C@@]3(C)[C@H]2[C@H]14. The minimum absolute atomic E-state index is 0.00725. The Balaban J connectivity index is 1.89. The maximum Gasteiger partial charge on any atom is 0.339 e. The Morgan fingerprint density at radius 1 is 1.21 bits per heavy atom. The maximum atomic E-state index is 12.8. The molecule has 0 radical (unpaired) electrons. The average Bonchev–Trinajstić information content (AvgIpc) is 2.28. The Hall–Kier alpha value is -1.05. The Morgan fingerprint density at radius 2 is 1.83 bits per heavy atom. The zero-order chi connectivity index (χ0) is 17.9. The minimum Gasteiger partial charge on any atom is -0.451 e. The number of ketones is 2. The molecule has 0 spiro atoms. The first-order valence-corrected chi connectivity index (χ1v) is 11.9. The highest BCUT2D eigenvalue weighted by molar-refractivity contribution is 6.69. The fraction of sp³-hybridized carbons (Fsp3) is 0.824. The predicted molar refractivity (Wildman–Crippen MR) is 85.4 cm³/mol. The monoisotopic (exact) mass is 352 g/mol. The van der Waals surface area contributed by atoms with Crippen molar-refractivity contribution in [2.75, 3.05) is 0 Å². The van der Waals surface area contributed by atoms with E-state index in [1.165, 1.54) is 6.92 Å². The van der Waals surface area contributed by atoms with Crippen LogP contribution in [0.25, 0.3) is 0 Å². The van der Waals surface area contributed by atoms with Gasteiger partial charge in [-0.15, -0.1) is 0 Å². The lowest BCUT2D eigenvalue weighted by Crippen LogP contribution is -2.89. The van der Waals surface area contributed by atoms with E-state index in [-0.39, 0.29) is 35.7 Å². The molecule has 2 saturated carbocycles. The number of Topliss-reactive ketones (excluding diaryl/α,β-unsaturated/α-hetero) is 2. The number of fused-ring (bicyclic) bond motifs is 1. The molecule has 0 aromatic heterocycles. The van der Waals surface area contributed by atoms with Gasteiger partial charge in [0, 0.05) is 23.7 Å². The molecular formula is C17H24O6Si. The molecule has 5 aliphatic rings. The van der Waals surface area contributed by atoms with Gasteiger partial charge in [-0.05, 0) is 40.4 Å². The molecule has 0 aromatic carbocycles. The first-order valence-electron chi connectivity index (χ1n) is 8.53. The molecule has 3 heterocycles. The third kappa shape index (κ3) is 1.61. The molecule has 7 atom stereocenters. The first kappa shape index (κ1) is 16.4. The van der Waals surface area contributed by atoms with Crippen molar-refractivity contribution in [2.24, 2.45) is 23.7 Å². The van der Waals surface area contributed by atoms with Crippen LogP contribution in [0.4, 0.5) is 0 Å². The lowest BCUT2D eigenvalue weighted by atomic mass is 9.39. The predicted octanol–water partition coefficient (Wildman–Crippen LogP) is 1.68. The molecule has 0 N–H and O–H groups in total. The second kappa shape index (κ2) is 4.19. The summed E-state index contributed by atoms with van der Waals surface area (Å²) in [6.07, 6.45) is 0.0360. The topological polar surface area (TPSA) is 78.9 Å². The summed E-state index contributed by atoms with van der Waals surface area (Å²) in [5.74, 6) is -3.09. The zero-order valence-corrected chi connectivity index (χ0v) is 16.0.